The Kier molecular flexibility index (Phi) is 6.09. The van der Waals surface area contributed by atoms with Crippen molar-refractivity contribution in [1.82, 2.24) is 19.9 Å². The number of fused-ring (bicyclic) bond motifs is 1. The standard InChI is InChI=1S/C20H22F3N5O2/c1-19(2,24)18(29)25-15(12-30-11-13-6-4-3-5-7-13)17-27-26-16-9-8-14(10-28(16)17)20(21,22)23/h3-10,15H,11-12,24H2,1-2H3,(H,25,29)/t15-/m1/s1. The number of rotatable bonds is 7. The van der Waals surface area contributed by atoms with E-state index in [0.717, 1.165) is 17.8 Å². The summed E-state index contributed by atoms with van der Waals surface area (Å²) in [5.74, 6) is -0.388. The highest BCUT2D eigenvalue weighted by atomic mass is 19.4. The fraction of sp³-hybridized carbons (Fsp3) is 0.350. The number of pyridine rings is 1. The van der Waals surface area contributed by atoms with Gasteiger partial charge >= 0.3 is 6.18 Å². The minimum atomic E-state index is -4.53. The molecule has 3 N–H and O–H groups in total. The van der Waals surface area contributed by atoms with Crippen LogP contribution in [-0.2, 0) is 22.3 Å². The van der Waals surface area contributed by atoms with Gasteiger partial charge in [0.2, 0.25) is 5.91 Å². The Morgan fingerprint density at radius 3 is 2.50 bits per heavy atom. The van der Waals surface area contributed by atoms with Crippen LogP contribution in [0.15, 0.2) is 48.7 Å². The molecule has 10 heteroatoms. The third-order valence-electron chi connectivity index (χ3n) is 4.35. The molecule has 1 amide bonds. The Labute approximate surface area is 171 Å². The number of carbonyl (C=O) groups excluding carboxylic acids is 1. The lowest BCUT2D eigenvalue weighted by Crippen LogP contribution is -2.50. The topological polar surface area (TPSA) is 94.5 Å². The number of ether oxygens (including phenoxy) is 1. The van der Waals surface area contributed by atoms with Crippen molar-refractivity contribution >= 4 is 11.6 Å². The van der Waals surface area contributed by atoms with Crippen LogP contribution in [0.4, 0.5) is 13.2 Å². The molecule has 0 spiro atoms. The summed E-state index contributed by atoms with van der Waals surface area (Å²) in [7, 11) is 0. The van der Waals surface area contributed by atoms with Gasteiger partial charge in [-0.05, 0) is 31.5 Å². The minimum Gasteiger partial charge on any atom is -0.374 e. The number of alkyl halides is 3. The number of halogens is 3. The lowest BCUT2D eigenvalue weighted by molar-refractivity contribution is -0.138. The maximum atomic E-state index is 13.1. The number of amides is 1. The van der Waals surface area contributed by atoms with Gasteiger partial charge in [0, 0.05) is 6.20 Å². The Morgan fingerprint density at radius 1 is 1.17 bits per heavy atom. The van der Waals surface area contributed by atoms with Crippen molar-refractivity contribution in [3.63, 3.8) is 0 Å². The van der Waals surface area contributed by atoms with E-state index < -0.39 is 29.2 Å². The van der Waals surface area contributed by atoms with E-state index in [2.05, 4.69) is 15.5 Å². The average Bonchev–Trinajstić information content (AvgIpc) is 3.09. The van der Waals surface area contributed by atoms with Gasteiger partial charge in [-0.2, -0.15) is 13.2 Å². The Bertz CT molecular complexity index is 1010. The maximum absolute atomic E-state index is 13.1. The maximum Gasteiger partial charge on any atom is 0.417 e. The fourth-order valence-corrected chi connectivity index (χ4v) is 2.71. The summed E-state index contributed by atoms with van der Waals surface area (Å²) in [6.45, 7) is 3.26. The summed E-state index contributed by atoms with van der Waals surface area (Å²) in [6.07, 6.45) is -3.63. The molecule has 0 fully saturated rings. The normalized spacial score (nSPS) is 13.4. The molecule has 2 aromatic heterocycles. The number of hydrogen-bond donors (Lipinski definition) is 2. The van der Waals surface area contributed by atoms with Crippen LogP contribution < -0.4 is 11.1 Å². The first-order chi connectivity index (χ1) is 14.1. The van der Waals surface area contributed by atoms with Gasteiger partial charge < -0.3 is 15.8 Å². The number of nitrogens with one attached hydrogen (secondary N) is 1. The highest BCUT2D eigenvalue weighted by Gasteiger charge is 2.32. The predicted octanol–water partition coefficient (Wildman–Crippen LogP) is 2.86. The van der Waals surface area contributed by atoms with Crippen molar-refractivity contribution in [1.29, 1.82) is 0 Å². The summed E-state index contributed by atoms with van der Waals surface area (Å²) >= 11 is 0. The van der Waals surface area contributed by atoms with Crippen LogP contribution in [0, 0.1) is 0 Å². The van der Waals surface area contributed by atoms with Crippen LogP contribution >= 0.6 is 0 Å². The number of hydrogen-bond acceptors (Lipinski definition) is 5. The zero-order valence-electron chi connectivity index (χ0n) is 16.5. The molecule has 3 rings (SSSR count). The molecule has 1 aromatic carbocycles. The number of nitrogens with two attached hydrogens (primary N) is 1. The van der Waals surface area contributed by atoms with Crippen LogP contribution in [0.1, 0.15) is 36.8 Å². The lowest BCUT2D eigenvalue weighted by Gasteiger charge is -2.23. The zero-order chi connectivity index (χ0) is 21.9. The smallest absolute Gasteiger partial charge is 0.374 e. The molecule has 0 aliphatic carbocycles. The molecular formula is C20H22F3N5O2. The van der Waals surface area contributed by atoms with Gasteiger partial charge in [-0.15, -0.1) is 10.2 Å². The first kappa shape index (κ1) is 21.7. The molecule has 1 atom stereocenters. The molecule has 7 nitrogen and oxygen atoms in total. The third kappa shape index (κ3) is 5.14. The van der Waals surface area contributed by atoms with E-state index in [1.54, 1.807) is 0 Å². The highest BCUT2D eigenvalue weighted by molar-refractivity contribution is 5.85. The van der Waals surface area contributed by atoms with E-state index in [1.807, 2.05) is 30.3 Å². The van der Waals surface area contributed by atoms with Crippen molar-refractivity contribution in [3.05, 3.63) is 65.6 Å². The number of nitrogens with zero attached hydrogens (tertiary/aromatic N) is 3. The number of benzene rings is 1. The van der Waals surface area contributed by atoms with E-state index in [9.17, 15) is 18.0 Å². The number of aromatic nitrogens is 3. The Hall–Kier alpha value is -2.98. The SMILES string of the molecule is CC(C)(N)C(=O)N[C@H](COCc1ccccc1)c1nnc2ccc(C(F)(F)F)cn12. The van der Waals surface area contributed by atoms with Gasteiger partial charge in [-0.25, -0.2) is 0 Å². The molecule has 0 saturated heterocycles. The van der Waals surface area contributed by atoms with Crippen LogP contribution in [-0.4, -0.2) is 32.7 Å². The molecule has 0 unspecified atom stereocenters. The third-order valence-corrected chi connectivity index (χ3v) is 4.35. The molecule has 0 aliphatic rings. The van der Waals surface area contributed by atoms with Crippen molar-refractivity contribution in [3.8, 4) is 0 Å². The molecule has 0 aliphatic heterocycles. The van der Waals surface area contributed by atoms with Crippen LogP contribution in [0.5, 0.6) is 0 Å². The summed E-state index contributed by atoms with van der Waals surface area (Å²) in [5, 5.41) is 10.6. The second kappa shape index (κ2) is 8.41. The van der Waals surface area contributed by atoms with Crippen LogP contribution in [0.2, 0.25) is 0 Å². The molecule has 0 saturated carbocycles. The summed E-state index contributed by atoms with van der Waals surface area (Å²) in [6, 6.07) is 10.6. The summed E-state index contributed by atoms with van der Waals surface area (Å²) < 4.78 is 46.3. The second-order valence-electron chi connectivity index (χ2n) is 7.45. The average molecular weight is 421 g/mol. The molecule has 0 radical (unpaired) electrons. The monoisotopic (exact) mass is 421 g/mol. The molecule has 30 heavy (non-hydrogen) atoms. The van der Waals surface area contributed by atoms with Crippen LogP contribution in [0.25, 0.3) is 5.65 Å². The summed E-state index contributed by atoms with van der Waals surface area (Å²) in [5.41, 5.74) is 4.92. The fourth-order valence-electron chi connectivity index (χ4n) is 2.71. The van der Waals surface area contributed by atoms with Gasteiger partial charge in [0.05, 0.1) is 24.3 Å². The van der Waals surface area contributed by atoms with Gasteiger partial charge in [-0.1, -0.05) is 30.3 Å². The molecule has 160 valence electrons. The van der Waals surface area contributed by atoms with Crippen molar-refractivity contribution < 1.29 is 22.7 Å². The lowest BCUT2D eigenvalue weighted by atomic mass is 10.1. The van der Waals surface area contributed by atoms with E-state index in [0.29, 0.717) is 0 Å². The Morgan fingerprint density at radius 2 is 1.87 bits per heavy atom. The van der Waals surface area contributed by atoms with E-state index >= 15 is 0 Å². The van der Waals surface area contributed by atoms with Gasteiger partial charge in [0.15, 0.2) is 11.5 Å². The minimum absolute atomic E-state index is 0.0340. The van der Waals surface area contributed by atoms with Gasteiger partial charge in [-0.3, -0.25) is 9.20 Å². The molecular weight excluding hydrogens is 399 g/mol. The Balaban J connectivity index is 1.89. The number of carbonyl (C=O) groups is 1. The van der Waals surface area contributed by atoms with E-state index in [-0.39, 0.29) is 24.7 Å². The van der Waals surface area contributed by atoms with E-state index in [1.165, 1.54) is 24.3 Å². The molecule has 0 bridgehead atoms. The highest BCUT2D eigenvalue weighted by Crippen LogP contribution is 2.29. The largest absolute Gasteiger partial charge is 0.417 e. The molecule has 2 heterocycles. The van der Waals surface area contributed by atoms with Crippen LogP contribution in [0.3, 0.4) is 0 Å². The van der Waals surface area contributed by atoms with E-state index in [4.69, 9.17) is 10.5 Å². The van der Waals surface area contributed by atoms with Crippen molar-refractivity contribution in [2.75, 3.05) is 6.61 Å². The van der Waals surface area contributed by atoms with Crippen molar-refractivity contribution in [2.45, 2.75) is 38.2 Å². The predicted molar refractivity (Wildman–Crippen MR) is 103 cm³/mol. The zero-order valence-corrected chi connectivity index (χ0v) is 16.5. The second-order valence-corrected chi connectivity index (χ2v) is 7.45. The summed E-state index contributed by atoms with van der Waals surface area (Å²) in [4.78, 5) is 12.4. The van der Waals surface area contributed by atoms with Crippen molar-refractivity contribution in [2.24, 2.45) is 5.73 Å². The first-order valence-electron chi connectivity index (χ1n) is 9.19. The van der Waals surface area contributed by atoms with Gasteiger partial charge in [0.25, 0.3) is 0 Å². The first-order valence-corrected chi connectivity index (χ1v) is 9.19. The quantitative estimate of drug-likeness (QED) is 0.612. The molecule has 3 aromatic rings. The van der Waals surface area contributed by atoms with Gasteiger partial charge in [0.1, 0.15) is 6.04 Å².